The molecular formula is C12H12FN3O. The van der Waals surface area contributed by atoms with E-state index in [1.165, 1.54) is 12.1 Å². The normalized spacial score (nSPS) is 10.3. The summed E-state index contributed by atoms with van der Waals surface area (Å²) in [5.74, 6) is 0.695. The van der Waals surface area contributed by atoms with Gasteiger partial charge in [0, 0.05) is 6.07 Å². The van der Waals surface area contributed by atoms with Gasteiger partial charge in [-0.2, -0.15) is 4.98 Å². The van der Waals surface area contributed by atoms with Crippen molar-refractivity contribution in [3.8, 4) is 11.6 Å². The van der Waals surface area contributed by atoms with Gasteiger partial charge in [-0.3, -0.25) is 0 Å². The lowest BCUT2D eigenvalue weighted by Gasteiger charge is -2.07. The van der Waals surface area contributed by atoms with E-state index in [2.05, 4.69) is 9.97 Å². The zero-order chi connectivity index (χ0) is 12.4. The predicted molar refractivity (Wildman–Crippen MR) is 62.4 cm³/mol. The standard InChI is InChI=1S/C12H12FN3O/c1-7-3-4-9(13)10(5-7)17-12-6-11(14)15-8(2)16-12/h3-6H,1-2H3,(H2,14,15,16). The molecule has 0 atom stereocenters. The second-order valence-electron chi connectivity index (χ2n) is 3.71. The maximum Gasteiger partial charge on any atom is 0.224 e. The Morgan fingerprint density at radius 2 is 1.94 bits per heavy atom. The predicted octanol–water partition coefficient (Wildman–Crippen LogP) is 2.61. The smallest absolute Gasteiger partial charge is 0.224 e. The van der Waals surface area contributed by atoms with Gasteiger partial charge in [-0.25, -0.2) is 9.37 Å². The van der Waals surface area contributed by atoms with Gasteiger partial charge in [-0.05, 0) is 31.5 Å². The summed E-state index contributed by atoms with van der Waals surface area (Å²) in [7, 11) is 0. The van der Waals surface area contributed by atoms with E-state index in [-0.39, 0.29) is 11.6 Å². The lowest BCUT2D eigenvalue weighted by molar-refractivity contribution is 0.425. The Bertz CT molecular complexity index is 537. The third-order valence-electron chi connectivity index (χ3n) is 2.14. The average Bonchev–Trinajstić information content (AvgIpc) is 2.22. The molecule has 0 aliphatic rings. The van der Waals surface area contributed by atoms with E-state index in [0.717, 1.165) is 5.56 Å². The molecule has 5 heteroatoms. The van der Waals surface area contributed by atoms with Crippen LogP contribution in [0.4, 0.5) is 10.2 Å². The second kappa shape index (κ2) is 4.37. The van der Waals surface area contributed by atoms with Crippen molar-refractivity contribution in [2.24, 2.45) is 0 Å². The fourth-order valence-corrected chi connectivity index (χ4v) is 1.42. The highest BCUT2D eigenvalue weighted by atomic mass is 19.1. The average molecular weight is 233 g/mol. The summed E-state index contributed by atoms with van der Waals surface area (Å²) in [6, 6.07) is 6.07. The van der Waals surface area contributed by atoms with Gasteiger partial charge in [0.2, 0.25) is 5.88 Å². The van der Waals surface area contributed by atoms with Crippen LogP contribution in [0.1, 0.15) is 11.4 Å². The number of halogens is 1. The van der Waals surface area contributed by atoms with Crippen molar-refractivity contribution >= 4 is 5.82 Å². The number of anilines is 1. The molecule has 1 heterocycles. The molecule has 2 rings (SSSR count). The minimum absolute atomic E-state index is 0.127. The molecule has 0 saturated heterocycles. The summed E-state index contributed by atoms with van der Waals surface area (Å²) < 4.78 is 18.8. The molecule has 17 heavy (non-hydrogen) atoms. The van der Waals surface area contributed by atoms with Crippen molar-refractivity contribution in [1.82, 2.24) is 9.97 Å². The largest absolute Gasteiger partial charge is 0.436 e. The molecule has 2 N–H and O–H groups in total. The molecule has 1 aromatic heterocycles. The number of benzene rings is 1. The number of nitrogen functional groups attached to an aromatic ring is 1. The molecule has 0 fully saturated rings. The van der Waals surface area contributed by atoms with E-state index in [9.17, 15) is 4.39 Å². The molecule has 0 aliphatic heterocycles. The van der Waals surface area contributed by atoms with Crippen LogP contribution in [-0.2, 0) is 0 Å². The van der Waals surface area contributed by atoms with Crippen LogP contribution in [0, 0.1) is 19.7 Å². The quantitative estimate of drug-likeness (QED) is 0.866. The maximum absolute atomic E-state index is 13.5. The van der Waals surface area contributed by atoms with Gasteiger partial charge >= 0.3 is 0 Å². The number of ether oxygens (including phenoxy) is 1. The van der Waals surface area contributed by atoms with Crippen molar-refractivity contribution in [3.63, 3.8) is 0 Å². The van der Waals surface area contributed by atoms with Crippen molar-refractivity contribution in [2.75, 3.05) is 5.73 Å². The summed E-state index contributed by atoms with van der Waals surface area (Å²) in [6.07, 6.45) is 0. The number of aromatic nitrogens is 2. The molecule has 88 valence electrons. The van der Waals surface area contributed by atoms with Crippen LogP contribution in [-0.4, -0.2) is 9.97 Å². The summed E-state index contributed by atoms with van der Waals surface area (Å²) in [5, 5.41) is 0. The molecule has 0 aliphatic carbocycles. The fraction of sp³-hybridized carbons (Fsp3) is 0.167. The van der Waals surface area contributed by atoms with Crippen LogP contribution in [0.3, 0.4) is 0 Å². The van der Waals surface area contributed by atoms with Gasteiger partial charge in [0.05, 0.1) is 0 Å². The fourth-order valence-electron chi connectivity index (χ4n) is 1.42. The summed E-state index contributed by atoms with van der Waals surface area (Å²) in [4.78, 5) is 7.93. The number of nitrogens with two attached hydrogens (primary N) is 1. The van der Waals surface area contributed by atoms with Crippen LogP contribution >= 0.6 is 0 Å². The Morgan fingerprint density at radius 1 is 1.18 bits per heavy atom. The molecule has 0 unspecified atom stereocenters. The number of rotatable bonds is 2. The molecule has 0 spiro atoms. The monoisotopic (exact) mass is 233 g/mol. The summed E-state index contributed by atoms with van der Waals surface area (Å²) in [6.45, 7) is 3.54. The zero-order valence-electron chi connectivity index (χ0n) is 9.57. The Kier molecular flexibility index (Phi) is 2.91. The Morgan fingerprint density at radius 3 is 2.65 bits per heavy atom. The highest BCUT2D eigenvalue weighted by Crippen LogP contribution is 2.24. The first kappa shape index (κ1) is 11.3. The Hall–Kier alpha value is -2.17. The van der Waals surface area contributed by atoms with Crippen LogP contribution in [0.15, 0.2) is 24.3 Å². The van der Waals surface area contributed by atoms with Crippen molar-refractivity contribution in [1.29, 1.82) is 0 Å². The molecule has 0 amide bonds. The lowest BCUT2D eigenvalue weighted by Crippen LogP contribution is -1.98. The third kappa shape index (κ3) is 2.69. The number of hydrogen-bond acceptors (Lipinski definition) is 4. The van der Waals surface area contributed by atoms with E-state index >= 15 is 0 Å². The highest BCUT2D eigenvalue weighted by Gasteiger charge is 2.07. The van der Waals surface area contributed by atoms with Crippen LogP contribution in [0.5, 0.6) is 11.6 Å². The summed E-state index contributed by atoms with van der Waals surface area (Å²) in [5.41, 5.74) is 6.46. The molecule has 0 saturated carbocycles. The minimum atomic E-state index is -0.439. The molecule has 0 radical (unpaired) electrons. The molecule has 1 aromatic carbocycles. The second-order valence-corrected chi connectivity index (χ2v) is 3.71. The minimum Gasteiger partial charge on any atom is -0.436 e. The van der Waals surface area contributed by atoms with E-state index in [1.807, 2.05) is 6.92 Å². The Balaban J connectivity index is 2.34. The van der Waals surface area contributed by atoms with E-state index in [1.54, 1.807) is 19.1 Å². The number of nitrogens with zero attached hydrogens (tertiary/aromatic N) is 2. The molecule has 4 nitrogen and oxygen atoms in total. The van der Waals surface area contributed by atoms with Gasteiger partial charge in [-0.1, -0.05) is 6.07 Å². The van der Waals surface area contributed by atoms with Crippen molar-refractivity contribution in [2.45, 2.75) is 13.8 Å². The van der Waals surface area contributed by atoms with E-state index in [0.29, 0.717) is 11.6 Å². The first-order chi connectivity index (χ1) is 8.04. The van der Waals surface area contributed by atoms with Crippen molar-refractivity contribution < 1.29 is 9.13 Å². The molecular weight excluding hydrogens is 221 g/mol. The van der Waals surface area contributed by atoms with Crippen molar-refractivity contribution in [3.05, 3.63) is 41.5 Å². The van der Waals surface area contributed by atoms with E-state index < -0.39 is 5.82 Å². The van der Waals surface area contributed by atoms with Gasteiger partial charge in [0.1, 0.15) is 11.6 Å². The maximum atomic E-state index is 13.5. The SMILES string of the molecule is Cc1ccc(F)c(Oc2cc(N)nc(C)n2)c1. The first-order valence-corrected chi connectivity index (χ1v) is 5.10. The topological polar surface area (TPSA) is 61.0 Å². The summed E-state index contributed by atoms with van der Waals surface area (Å²) >= 11 is 0. The molecule has 2 aromatic rings. The van der Waals surface area contributed by atoms with Crippen LogP contribution in [0.2, 0.25) is 0 Å². The number of aryl methyl sites for hydroxylation is 2. The van der Waals surface area contributed by atoms with Gasteiger partial charge < -0.3 is 10.5 Å². The number of hydrogen-bond donors (Lipinski definition) is 1. The first-order valence-electron chi connectivity index (χ1n) is 5.10. The van der Waals surface area contributed by atoms with Crippen LogP contribution < -0.4 is 10.5 Å². The van der Waals surface area contributed by atoms with E-state index in [4.69, 9.17) is 10.5 Å². The van der Waals surface area contributed by atoms with Crippen LogP contribution in [0.25, 0.3) is 0 Å². The third-order valence-corrected chi connectivity index (χ3v) is 2.14. The van der Waals surface area contributed by atoms with Gasteiger partial charge in [0.25, 0.3) is 0 Å². The highest BCUT2D eigenvalue weighted by molar-refractivity contribution is 5.37. The van der Waals surface area contributed by atoms with Gasteiger partial charge in [0.15, 0.2) is 11.6 Å². The molecule has 0 bridgehead atoms. The van der Waals surface area contributed by atoms with Gasteiger partial charge in [-0.15, -0.1) is 0 Å². The Labute approximate surface area is 98.3 Å². The lowest BCUT2D eigenvalue weighted by atomic mass is 10.2. The zero-order valence-corrected chi connectivity index (χ0v) is 9.57.